The van der Waals surface area contributed by atoms with Crippen molar-refractivity contribution in [3.05, 3.63) is 53.7 Å². The highest BCUT2D eigenvalue weighted by atomic mass is 16.2. The van der Waals surface area contributed by atoms with Gasteiger partial charge >= 0.3 is 0 Å². The van der Waals surface area contributed by atoms with Gasteiger partial charge in [0, 0.05) is 19.2 Å². The number of aromatic nitrogens is 1. The molecule has 2 fully saturated rings. The van der Waals surface area contributed by atoms with Gasteiger partial charge in [0.25, 0.3) is 0 Å². The molecule has 38 heavy (non-hydrogen) atoms. The van der Waals surface area contributed by atoms with Crippen molar-refractivity contribution in [1.29, 1.82) is 0 Å². The van der Waals surface area contributed by atoms with E-state index in [9.17, 15) is 14.4 Å². The average molecular weight is 518 g/mol. The van der Waals surface area contributed by atoms with Gasteiger partial charge in [-0.05, 0) is 81.3 Å². The Kier molecular flexibility index (Phi) is 8.07. The zero-order valence-corrected chi connectivity index (χ0v) is 22.5. The number of nitrogens with one attached hydrogen (secondary N) is 2. The molecule has 0 spiro atoms. The van der Waals surface area contributed by atoms with Crippen LogP contribution in [-0.2, 0) is 20.8 Å². The molecule has 2 aromatic rings. The summed E-state index contributed by atoms with van der Waals surface area (Å²) in [5.74, 6) is 0.654. The number of hydrogen-bond acceptors (Lipinski definition) is 5. The number of amides is 3. The number of para-hydroxylation sites is 1. The highest BCUT2D eigenvalue weighted by molar-refractivity contribution is 6.02. The smallest absolute Gasteiger partial charge is 0.245 e. The van der Waals surface area contributed by atoms with Crippen LogP contribution in [0.3, 0.4) is 0 Å². The first-order valence-electron chi connectivity index (χ1n) is 14.1. The van der Waals surface area contributed by atoms with Crippen LogP contribution in [0, 0.1) is 5.92 Å². The fraction of sp³-hybridized carbons (Fsp3) is 0.533. The molecule has 0 radical (unpaired) electrons. The molecule has 1 aromatic heterocycles. The molecule has 3 heterocycles. The minimum Gasteiger partial charge on any atom is -0.343 e. The Labute approximate surface area is 225 Å². The van der Waals surface area contributed by atoms with E-state index >= 15 is 0 Å². The van der Waals surface area contributed by atoms with Crippen molar-refractivity contribution < 1.29 is 14.4 Å². The monoisotopic (exact) mass is 517 g/mol. The lowest BCUT2D eigenvalue weighted by atomic mass is 9.83. The van der Waals surface area contributed by atoms with Gasteiger partial charge in [-0.25, -0.2) is 4.98 Å². The minimum absolute atomic E-state index is 0.00816. The average Bonchev–Trinajstić information content (AvgIpc) is 3.45. The van der Waals surface area contributed by atoms with E-state index in [1.165, 1.54) is 6.42 Å². The van der Waals surface area contributed by atoms with E-state index in [1.807, 2.05) is 42.2 Å². The summed E-state index contributed by atoms with van der Waals surface area (Å²) in [5.41, 5.74) is 3.00. The van der Waals surface area contributed by atoms with Gasteiger partial charge in [-0.1, -0.05) is 37.5 Å². The summed E-state index contributed by atoms with van der Waals surface area (Å²) in [5, 5.41) is 6.10. The van der Waals surface area contributed by atoms with Crippen molar-refractivity contribution in [2.75, 3.05) is 18.5 Å². The highest BCUT2D eigenvalue weighted by Gasteiger charge is 2.39. The van der Waals surface area contributed by atoms with Crippen LogP contribution in [0.2, 0.25) is 0 Å². The van der Waals surface area contributed by atoms with Crippen molar-refractivity contribution in [2.24, 2.45) is 5.92 Å². The van der Waals surface area contributed by atoms with Crippen LogP contribution in [0.25, 0.3) is 0 Å². The number of hydrogen-bond donors (Lipinski definition) is 2. The van der Waals surface area contributed by atoms with Crippen LogP contribution in [0.1, 0.15) is 75.5 Å². The summed E-state index contributed by atoms with van der Waals surface area (Å²) >= 11 is 0. The molecule has 3 atom stereocenters. The maximum Gasteiger partial charge on any atom is 0.245 e. The highest BCUT2D eigenvalue weighted by Crippen LogP contribution is 2.38. The lowest BCUT2D eigenvalue weighted by Gasteiger charge is -2.36. The lowest BCUT2D eigenvalue weighted by molar-refractivity contribution is -0.139. The summed E-state index contributed by atoms with van der Waals surface area (Å²) in [6.45, 7) is 2.47. The predicted molar refractivity (Wildman–Crippen MR) is 147 cm³/mol. The maximum atomic E-state index is 14.1. The van der Waals surface area contributed by atoms with Crippen LogP contribution in [-0.4, -0.2) is 53.3 Å². The molecule has 8 heteroatoms. The quantitative estimate of drug-likeness (QED) is 0.578. The van der Waals surface area contributed by atoms with Gasteiger partial charge in [-0.15, -0.1) is 0 Å². The summed E-state index contributed by atoms with van der Waals surface area (Å²) in [7, 11) is 1.75. The van der Waals surface area contributed by atoms with Gasteiger partial charge in [-0.3, -0.25) is 19.3 Å². The Morgan fingerprint density at radius 1 is 1.03 bits per heavy atom. The fourth-order valence-corrected chi connectivity index (χ4v) is 6.26. The zero-order chi connectivity index (χ0) is 26.6. The van der Waals surface area contributed by atoms with Crippen molar-refractivity contribution >= 4 is 29.2 Å². The van der Waals surface area contributed by atoms with Crippen LogP contribution < -0.4 is 15.5 Å². The Hall–Kier alpha value is -3.26. The van der Waals surface area contributed by atoms with Gasteiger partial charge in [0.1, 0.15) is 11.9 Å². The van der Waals surface area contributed by atoms with E-state index in [-0.39, 0.29) is 35.7 Å². The lowest BCUT2D eigenvalue weighted by Crippen LogP contribution is -2.55. The Morgan fingerprint density at radius 2 is 1.82 bits per heavy atom. The molecule has 3 amide bonds. The number of fused-ring (bicyclic) bond motifs is 1. The standard InChI is InChI=1S/C30H39N5O3/c1-20(31-2)29(37)33-28(22-10-4-3-5-11-22)30(38)34-18-8-13-24(34)23-16-17-32-26(19-23)35-25-12-7-6-9-21(25)14-15-27(35)36/h6-7,9,12,16-17,19-20,22,24,28,31H,3-5,8,10-11,13-15,18H2,1-2H3,(H,33,37)/t20?,24?,28-/m0/s1. The normalized spacial score (nSPS) is 21.6. The van der Waals surface area contributed by atoms with E-state index in [2.05, 4.69) is 21.7 Å². The molecule has 8 nitrogen and oxygen atoms in total. The second-order valence-corrected chi connectivity index (χ2v) is 10.9. The number of carbonyl (C=O) groups is 3. The SMILES string of the molecule is CNC(C)C(=O)N[C@H](C(=O)N1CCCC1c1ccnc(N2C(=O)CCc3ccccc32)c1)C1CCCCC1. The summed E-state index contributed by atoms with van der Waals surface area (Å²) < 4.78 is 0. The number of likely N-dealkylation sites (tertiary alicyclic amines) is 1. The van der Waals surface area contributed by atoms with E-state index < -0.39 is 6.04 Å². The second kappa shape index (κ2) is 11.6. The molecular weight excluding hydrogens is 478 g/mol. The molecule has 5 rings (SSSR count). The zero-order valence-electron chi connectivity index (χ0n) is 22.5. The van der Waals surface area contributed by atoms with Crippen molar-refractivity contribution in [3.63, 3.8) is 0 Å². The first-order chi connectivity index (χ1) is 18.5. The Morgan fingerprint density at radius 3 is 2.61 bits per heavy atom. The summed E-state index contributed by atoms with van der Waals surface area (Å²) in [6.07, 6.45) is 9.95. The Balaban J connectivity index is 1.41. The molecule has 1 aromatic carbocycles. The van der Waals surface area contributed by atoms with E-state index in [0.29, 0.717) is 18.8 Å². The molecular formula is C30H39N5O3. The van der Waals surface area contributed by atoms with Crippen LogP contribution in [0.15, 0.2) is 42.6 Å². The van der Waals surface area contributed by atoms with E-state index in [0.717, 1.165) is 61.8 Å². The number of nitrogens with zero attached hydrogens (tertiary/aromatic N) is 3. The van der Waals surface area contributed by atoms with Crippen molar-refractivity contribution in [2.45, 2.75) is 82.8 Å². The van der Waals surface area contributed by atoms with Crippen LogP contribution in [0.5, 0.6) is 0 Å². The predicted octanol–water partition coefficient (Wildman–Crippen LogP) is 4.03. The topological polar surface area (TPSA) is 94.6 Å². The molecule has 202 valence electrons. The molecule has 1 saturated carbocycles. The number of benzene rings is 1. The molecule has 2 N–H and O–H groups in total. The van der Waals surface area contributed by atoms with Gasteiger partial charge in [0.05, 0.1) is 17.8 Å². The van der Waals surface area contributed by atoms with Gasteiger partial charge in [-0.2, -0.15) is 0 Å². The first kappa shape index (κ1) is 26.4. The maximum absolute atomic E-state index is 14.1. The number of anilines is 2. The summed E-state index contributed by atoms with van der Waals surface area (Å²) in [4.78, 5) is 48.2. The second-order valence-electron chi connectivity index (χ2n) is 10.9. The van der Waals surface area contributed by atoms with Crippen LogP contribution in [0.4, 0.5) is 11.5 Å². The third kappa shape index (κ3) is 5.32. The van der Waals surface area contributed by atoms with Crippen molar-refractivity contribution in [3.8, 4) is 0 Å². The third-order valence-electron chi connectivity index (χ3n) is 8.52. The number of carbonyl (C=O) groups excluding carboxylic acids is 3. The minimum atomic E-state index is -0.518. The van der Waals surface area contributed by atoms with Crippen LogP contribution >= 0.6 is 0 Å². The largest absolute Gasteiger partial charge is 0.343 e. The third-order valence-corrected chi connectivity index (χ3v) is 8.52. The molecule has 0 bridgehead atoms. The molecule has 3 aliphatic rings. The van der Waals surface area contributed by atoms with Gasteiger partial charge in [0.15, 0.2) is 0 Å². The Bertz CT molecular complexity index is 1180. The molecule has 1 saturated heterocycles. The number of aryl methyl sites for hydroxylation is 1. The molecule has 1 aliphatic carbocycles. The number of pyridine rings is 1. The fourth-order valence-electron chi connectivity index (χ4n) is 6.26. The number of rotatable bonds is 7. The van der Waals surface area contributed by atoms with Crippen molar-refractivity contribution in [1.82, 2.24) is 20.5 Å². The van der Waals surface area contributed by atoms with E-state index in [4.69, 9.17) is 0 Å². The number of likely N-dealkylation sites (N-methyl/N-ethyl adjacent to an activating group) is 1. The first-order valence-corrected chi connectivity index (χ1v) is 14.1. The summed E-state index contributed by atoms with van der Waals surface area (Å²) in [6, 6.07) is 10.9. The van der Waals surface area contributed by atoms with Gasteiger partial charge < -0.3 is 15.5 Å². The molecule has 2 aliphatic heterocycles. The van der Waals surface area contributed by atoms with E-state index in [1.54, 1.807) is 18.1 Å². The molecule has 2 unspecified atom stereocenters. The van der Waals surface area contributed by atoms with Gasteiger partial charge in [0.2, 0.25) is 17.7 Å².